The average molecular weight is 210 g/mol. The summed E-state index contributed by atoms with van der Waals surface area (Å²) in [6.07, 6.45) is 10.8. The summed E-state index contributed by atoms with van der Waals surface area (Å²) in [6, 6.07) is 2.37. The Labute approximate surface area is 92.0 Å². The fourth-order valence-corrected chi connectivity index (χ4v) is 1.76. The van der Waals surface area contributed by atoms with E-state index in [2.05, 4.69) is 12.3 Å². The Morgan fingerprint density at radius 1 is 1.40 bits per heavy atom. The zero-order valence-electron chi connectivity index (χ0n) is 9.54. The molecule has 0 aliphatic carbocycles. The first-order valence-electron chi connectivity index (χ1n) is 5.84. The highest BCUT2D eigenvalue weighted by Gasteiger charge is 2.07. The predicted octanol–water partition coefficient (Wildman–Crippen LogP) is 2.62. The van der Waals surface area contributed by atoms with Gasteiger partial charge in [-0.3, -0.25) is 11.3 Å². The molecule has 1 aromatic heterocycles. The Hall–Kier alpha value is -0.800. The summed E-state index contributed by atoms with van der Waals surface area (Å²) >= 11 is 0. The van der Waals surface area contributed by atoms with Gasteiger partial charge in [0.2, 0.25) is 0 Å². The van der Waals surface area contributed by atoms with Crippen molar-refractivity contribution in [3.05, 3.63) is 24.2 Å². The number of nitrogens with two attached hydrogens (primary N) is 1. The van der Waals surface area contributed by atoms with Crippen LogP contribution in [-0.2, 0) is 6.42 Å². The van der Waals surface area contributed by atoms with Gasteiger partial charge in [-0.25, -0.2) is 0 Å². The SMILES string of the molecule is CCCCCCC(Cc1ccoc1)NN. The van der Waals surface area contributed by atoms with E-state index in [9.17, 15) is 0 Å². The van der Waals surface area contributed by atoms with Crippen LogP contribution < -0.4 is 11.3 Å². The van der Waals surface area contributed by atoms with E-state index in [0.29, 0.717) is 6.04 Å². The minimum atomic E-state index is 0.374. The van der Waals surface area contributed by atoms with Crippen molar-refractivity contribution in [1.29, 1.82) is 0 Å². The van der Waals surface area contributed by atoms with Gasteiger partial charge in [0.05, 0.1) is 12.5 Å². The van der Waals surface area contributed by atoms with Crippen LogP contribution in [-0.4, -0.2) is 6.04 Å². The predicted molar refractivity (Wildman–Crippen MR) is 62.3 cm³/mol. The number of hydrazine groups is 1. The molecule has 0 spiro atoms. The zero-order chi connectivity index (χ0) is 10.9. The van der Waals surface area contributed by atoms with Crippen LogP contribution in [0.4, 0.5) is 0 Å². The van der Waals surface area contributed by atoms with Crippen LogP contribution >= 0.6 is 0 Å². The number of hydrogen-bond donors (Lipinski definition) is 2. The van der Waals surface area contributed by atoms with E-state index in [0.717, 1.165) is 12.8 Å². The average Bonchev–Trinajstić information content (AvgIpc) is 2.75. The van der Waals surface area contributed by atoms with Crippen molar-refractivity contribution in [3.63, 3.8) is 0 Å². The van der Waals surface area contributed by atoms with Crippen molar-refractivity contribution >= 4 is 0 Å². The molecule has 0 aliphatic heterocycles. The van der Waals surface area contributed by atoms with Gasteiger partial charge in [0.15, 0.2) is 0 Å². The Bertz CT molecular complexity index is 234. The summed E-state index contributed by atoms with van der Waals surface area (Å²) in [4.78, 5) is 0. The first kappa shape index (κ1) is 12.3. The van der Waals surface area contributed by atoms with Crippen molar-refractivity contribution in [1.82, 2.24) is 5.43 Å². The van der Waals surface area contributed by atoms with Crippen molar-refractivity contribution in [3.8, 4) is 0 Å². The summed E-state index contributed by atoms with van der Waals surface area (Å²) in [6.45, 7) is 2.23. The standard InChI is InChI=1S/C12H22N2O/c1-2-3-4-5-6-12(14-13)9-11-7-8-15-10-11/h7-8,10,12,14H,2-6,9,13H2,1H3. The van der Waals surface area contributed by atoms with Gasteiger partial charge in [0.1, 0.15) is 0 Å². The third kappa shape index (κ3) is 5.00. The van der Waals surface area contributed by atoms with E-state index >= 15 is 0 Å². The molecule has 0 radical (unpaired) electrons. The van der Waals surface area contributed by atoms with E-state index in [-0.39, 0.29) is 0 Å². The maximum Gasteiger partial charge on any atom is 0.0935 e. The van der Waals surface area contributed by atoms with Gasteiger partial charge in [0, 0.05) is 6.04 Å². The van der Waals surface area contributed by atoms with E-state index in [1.807, 2.05) is 6.07 Å². The summed E-state index contributed by atoms with van der Waals surface area (Å²) in [5, 5.41) is 0. The van der Waals surface area contributed by atoms with Crippen molar-refractivity contribution in [2.24, 2.45) is 5.84 Å². The van der Waals surface area contributed by atoms with Crippen LogP contribution in [0.1, 0.15) is 44.6 Å². The van der Waals surface area contributed by atoms with Gasteiger partial charge < -0.3 is 4.42 Å². The molecule has 3 N–H and O–H groups in total. The number of nitrogens with one attached hydrogen (secondary N) is 1. The van der Waals surface area contributed by atoms with Crippen LogP contribution in [0.3, 0.4) is 0 Å². The van der Waals surface area contributed by atoms with Gasteiger partial charge in [-0.2, -0.15) is 0 Å². The van der Waals surface area contributed by atoms with Crippen LogP contribution in [0.15, 0.2) is 23.0 Å². The maximum atomic E-state index is 5.52. The third-order valence-corrected chi connectivity index (χ3v) is 2.70. The normalized spacial score (nSPS) is 12.9. The Balaban J connectivity index is 2.18. The van der Waals surface area contributed by atoms with Crippen LogP contribution in [0.25, 0.3) is 0 Å². The Morgan fingerprint density at radius 3 is 2.87 bits per heavy atom. The van der Waals surface area contributed by atoms with Crippen LogP contribution in [0.5, 0.6) is 0 Å². The van der Waals surface area contributed by atoms with Gasteiger partial charge in [0.25, 0.3) is 0 Å². The highest BCUT2D eigenvalue weighted by atomic mass is 16.3. The molecule has 0 aliphatic rings. The minimum absolute atomic E-state index is 0.374. The first-order chi connectivity index (χ1) is 7.36. The molecule has 1 aromatic rings. The van der Waals surface area contributed by atoms with Crippen molar-refractivity contribution in [2.45, 2.75) is 51.5 Å². The van der Waals surface area contributed by atoms with E-state index in [4.69, 9.17) is 10.3 Å². The molecule has 0 saturated carbocycles. The van der Waals surface area contributed by atoms with Crippen molar-refractivity contribution < 1.29 is 4.42 Å². The molecule has 86 valence electrons. The molecule has 1 atom stereocenters. The molecule has 0 amide bonds. The van der Waals surface area contributed by atoms with E-state index in [1.165, 1.54) is 31.2 Å². The molecule has 1 unspecified atom stereocenters. The van der Waals surface area contributed by atoms with Crippen LogP contribution in [0.2, 0.25) is 0 Å². The maximum absolute atomic E-state index is 5.52. The molecule has 0 bridgehead atoms. The molecular weight excluding hydrogens is 188 g/mol. The largest absolute Gasteiger partial charge is 0.472 e. The minimum Gasteiger partial charge on any atom is -0.472 e. The third-order valence-electron chi connectivity index (χ3n) is 2.70. The first-order valence-corrected chi connectivity index (χ1v) is 5.84. The summed E-state index contributed by atoms with van der Waals surface area (Å²) in [7, 11) is 0. The Morgan fingerprint density at radius 2 is 2.27 bits per heavy atom. The number of furan rings is 1. The highest BCUT2D eigenvalue weighted by molar-refractivity contribution is 5.07. The number of rotatable bonds is 8. The molecule has 3 heteroatoms. The molecule has 3 nitrogen and oxygen atoms in total. The van der Waals surface area contributed by atoms with Gasteiger partial charge >= 0.3 is 0 Å². The van der Waals surface area contributed by atoms with E-state index < -0.39 is 0 Å². The monoisotopic (exact) mass is 210 g/mol. The lowest BCUT2D eigenvalue weighted by Crippen LogP contribution is -2.36. The Kier molecular flexibility index (Phi) is 6.12. The second kappa shape index (κ2) is 7.49. The van der Waals surface area contributed by atoms with Gasteiger partial charge in [-0.1, -0.05) is 32.6 Å². The second-order valence-electron chi connectivity index (χ2n) is 4.05. The smallest absolute Gasteiger partial charge is 0.0935 e. The van der Waals surface area contributed by atoms with Crippen molar-refractivity contribution in [2.75, 3.05) is 0 Å². The number of hydrogen-bond acceptors (Lipinski definition) is 3. The second-order valence-corrected chi connectivity index (χ2v) is 4.05. The molecule has 0 saturated heterocycles. The fraction of sp³-hybridized carbons (Fsp3) is 0.667. The molecule has 0 fully saturated rings. The fourth-order valence-electron chi connectivity index (χ4n) is 1.76. The van der Waals surface area contributed by atoms with Gasteiger partial charge in [-0.15, -0.1) is 0 Å². The quantitative estimate of drug-likeness (QED) is 0.394. The van der Waals surface area contributed by atoms with Gasteiger partial charge in [-0.05, 0) is 24.5 Å². The molecular formula is C12H22N2O. The lowest BCUT2D eigenvalue weighted by molar-refractivity contribution is 0.460. The topological polar surface area (TPSA) is 51.2 Å². The molecule has 1 rings (SSSR count). The lowest BCUT2D eigenvalue weighted by atomic mass is 10.0. The lowest BCUT2D eigenvalue weighted by Gasteiger charge is -2.14. The molecule has 15 heavy (non-hydrogen) atoms. The molecule has 0 aromatic carbocycles. The molecule has 1 heterocycles. The summed E-state index contributed by atoms with van der Waals surface area (Å²) < 4.78 is 5.03. The van der Waals surface area contributed by atoms with E-state index in [1.54, 1.807) is 12.5 Å². The number of unbranched alkanes of at least 4 members (excludes halogenated alkanes) is 3. The van der Waals surface area contributed by atoms with Crippen LogP contribution in [0, 0.1) is 0 Å². The highest BCUT2D eigenvalue weighted by Crippen LogP contribution is 2.10. The summed E-state index contributed by atoms with van der Waals surface area (Å²) in [5.41, 5.74) is 4.09. The summed E-state index contributed by atoms with van der Waals surface area (Å²) in [5.74, 6) is 5.52. The zero-order valence-corrected chi connectivity index (χ0v) is 9.54.